The molecule has 0 aliphatic carbocycles. The first-order valence-electron chi connectivity index (χ1n) is 8.01. The summed E-state index contributed by atoms with van der Waals surface area (Å²) in [6, 6.07) is 12.0. The van der Waals surface area contributed by atoms with Crippen molar-refractivity contribution in [3.05, 3.63) is 69.8 Å². The Morgan fingerprint density at radius 3 is 2.52 bits per heavy atom. The number of halogens is 2. The van der Waals surface area contributed by atoms with E-state index in [0.29, 0.717) is 39.5 Å². The average Bonchev–Trinajstić information content (AvgIpc) is 3.07. The molecule has 27 heavy (non-hydrogen) atoms. The molecule has 8 heteroatoms. The number of ether oxygens (including phenoxy) is 2. The highest BCUT2D eigenvalue weighted by molar-refractivity contribution is 6.35. The number of anilines is 1. The van der Waals surface area contributed by atoms with Crippen LogP contribution in [0.3, 0.4) is 0 Å². The van der Waals surface area contributed by atoms with Crippen molar-refractivity contribution in [3.8, 4) is 11.5 Å². The average molecular weight is 406 g/mol. The number of amides is 1. The first-order chi connectivity index (χ1) is 13.0. The van der Waals surface area contributed by atoms with E-state index in [9.17, 15) is 4.79 Å². The van der Waals surface area contributed by atoms with Crippen LogP contribution in [-0.4, -0.2) is 29.9 Å². The van der Waals surface area contributed by atoms with Gasteiger partial charge in [0.15, 0.2) is 11.5 Å². The van der Waals surface area contributed by atoms with Crippen LogP contribution in [0.25, 0.3) is 0 Å². The largest absolute Gasteiger partial charge is 0.493 e. The highest BCUT2D eigenvalue weighted by atomic mass is 35.5. The lowest BCUT2D eigenvalue weighted by molar-refractivity contribution is 0.102. The van der Waals surface area contributed by atoms with Gasteiger partial charge < -0.3 is 14.8 Å². The molecule has 1 amide bonds. The number of aromatic nitrogens is 2. The number of hydrogen-bond acceptors (Lipinski definition) is 4. The number of rotatable bonds is 6. The van der Waals surface area contributed by atoms with Gasteiger partial charge in [0, 0.05) is 27.2 Å². The molecule has 1 heterocycles. The Kier molecular flexibility index (Phi) is 5.88. The van der Waals surface area contributed by atoms with E-state index in [1.807, 2.05) is 18.2 Å². The predicted molar refractivity (Wildman–Crippen MR) is 105 cm³/mol. The summed E-state index contributed by atoms with van der Waals surface area (Å²) in [4.78, 5) is 12.5. The van der Waals surface area contributed by atoms with Gasteiger partial charge in [-0.2, -0.15) is 5.10 Å². The van der Waals surface area contributed by atoms with Gasteiger partial charge in [0.2, 0.25) is 0 Å². The third kappa shape index (κ3) is 4.35. The van der Waals surface area contributed by atoms with Gasteiger partial charge in [-0.15, -0.1) is 0 Å². The van der Waals surface area contributed by atoms with Crippen molar-refractivity contribution in [2.24, 2.45) is 0 Å². The fourth-order valence-electron chi connectivity index (χ4n) is 2.68. The van der Waals surface area contributed by atoms with Crippen LogP contribution in [0, 0.1) is 0 Å². The van der Waals surface area contributed by atoms with Crippen molar-refractivity contribution in [1.29, 1.82) is 0 Å². The maximum atomic E-state index is 12.5. The molecule has 0 saturated carbocycles. The SMILES string of the molecule is COc1cccc(Cn2nccc2NC(=O)c2cc(Cl)cc(Cl)c2)c1OC. The Bertz CT molecular complexity index is 952. The lowest BCUT2D eigenvalue weighted by Gasteiger charge is -2.14. The van der Waals surface area contributed by atoms with E-state index in [0.717, 1.165) is 5.56 Å². The first kappa shape index (κ1) is 19.1. The zero-order valence-electron chi connectivity index (χ0n) is 14.7. The van der Waals surface area contributed by atoms with Crippen LogP contribution in [-0.2, 0) is 6.54 Å². The van der Waals surface area contributed by atoms with Crippen molar-refractivity contribution in [2.75, 3.05) is 19.5 Å². The van der Waals surface area contributed by atoms with Crippen LogP contribution in [0.15, 0.2) is 48.7 Å². The molecule has 1 aromatic heterocycles. The molecule has 0 unspecified atom stereocenters. The van der Waals surface area contributed by atoms with Gasteiger partial charge in [0.1, 0.15) is 5.82 Å². The molecule has 3 aromatic rings. The number of methoxy groups -OCH3 is 2. The van der Waals surface area contributed by atoms with E-state index in [-0.39, 0.29) is 5.91 Å². The molecule has 1 N–H and O–H groups in total. The Morgan fingerprint density at radius 2 is 1.85 bits per heavy atom. The van der Waals surface area contributed by atoms with Gasteiger partial charge >= 0.3 is 0 Å². The summed E-state index contributed by atoms with van der Waals surface area (Å²) in [7, 11) is 3.16. The second-order valence-electron chi connectivity index (χ2n) is 5.64. The minimum absolute atomic E-state index is 0.334. The number of carbonyl (C=O) groups is 1. The normalized spacial score (nSPS) is 10.5. The number of benzene rings is 2. The van der Waals surface area contributed by atoms with E-state index in [1.54, 1.807) is 49.4 Å². The molecule has 3 rings (SSSR count). The van der Waals surface area contributed by atoms with Crippen molar-refractivity contribution < 1.29 is 14.3 Å². The lowest BCUT2D eigenvalue weighted by Crippen LogP contribution is -2.16. The third-order valence-electron chi connectivity index (χ3n) is 3.89. The second kappa shape index (κ2) is 8.33. The van der Waals surface area contributed by atoms with Crippen LogP contribution in [0.1, 0.15) is 15.9 Å². The topological polar surface area (TPSA) is 65.4 Å². The van der Waals surface area contributed by atoms with E-state index in [4.69, 9.17) is 32.7 Å². The first-order valence-corrected chi connectivity index (χ1v) is 8.76. The second-order valence-corrected chi connectivity index (χ2v) is 6.51. The van der Waals surface area contributed by atoms with Crippen LogP contribution in [0.4, 0.5) is 5.82 Å². The standard InChI is InChI=1S/C19H17Cl2N3O3/c1-26-16-5-3-4-12(18(16)27-2)11-24-17(6-7-22-24)23-19(25)13-8-14(20)10-15(21)9-13/h3-10H,11H2,1-2H3,(H,23,25). The molecule has 0 aliphatic heterocycles. The van der Waals surface area contributed by atoms with Gasteiger partial charge in [-0.05, 0) is 24.3 Å². The van der Waals surface area contributed by atoms with Crippen LogP contribution in [0.2, 0.25) is 10.0 Å². The zero-order chi connectivity index (χ0) is 19.4. The molecule has 0 bridgehead atoms. The van der Waals surface area contributed by atoms with E-state index in [2.05, 4.69) is 10.4 Å². The predicted octanol–water partition coefficient (Wildman–Crippen LogP) is 4.51. The number of nitrogens with zero attached hydrogens (tertiary/aromatic N) is 2. The molecule has 0 radical (unpaired) electrons. The molecular weight excluding hydrogens is 389 g/mol. The summed E-state index contributed by atoms with van der Waals surface area (Å²) >= 11 is 11.9. The third-order valence-corrected chi connectivity index (χ3v) is 4.32. The maximum absolute atomic E-state index is 12.5. The van der Waals surface area contributed by atoms with E-state index in [1.165, 1.54) is 0 Å². The van der Waals surface area contributed by atoms with Crippen molar-refractivity contribution in [1.82, 2.24) is 9.78 Å². The summed E-state index contributed by atoms with van der Waals surface area (Å²) in [5, 5.41) is 7.88. The Morgan fingerprint density at radius 1 is 1.11 bits per heavy atom. The van der Waals surface area contributed by atoms with Gasteiger partial charge in [-0.25, -0.2) is 4.68 Å². The highest BCUT2D eigenvalue weighted by Gasteiger charge is 2.14. The van der Waals surface area contributed by atoms with Crippen molar-refractivity contribution >= 4 is 34.9 Å². The smallest absolute Gasteiger partial charge is 0.256 e. The monoisotopic (exact) mass is 405 g/mol. The van der Waals surface area contributed by atoms with Gasteiger partial charge in [0.05, 0.1) is 27.0 Å². The van der Waals surface area contributed by atoms with Crippen molar-refractivity contribution in [3.63, 3.8) is 0 Å². The van der Waals surface area contributed by atoms with Crippen LogP contribution >= 0.6 is 23.2 Å². The molecule has 0 saturated heterocycles. The molecule has 140 valence electrons. The Balaban J connectivity index is 1.84. The Labute approximate surface area is 166 Å². The quantitative estimate of drug-likeness (QED) is 0.655. The number of nitrogens with one attached hydrogen (secondary N) is 1. The van der Waals surface area contributed by atoms with Gasteiger partial charge in [0.25, 0.3) is 5.91 Å². The van der Waals surface area contributed by atoms with E-state index < -0.39 is 0 Å². The minimum Gasteiger partial charge on any atom is -0.493 e. The van der Waals surface area contributed by atoms with E-state index >= 15 is 0 Å². The molecule has 6 nitrogen and oxygen atoms in total. The lowest BCUT2D eigenvalue weighted by atomic mass is 10.2. The van der Waals surface area contributed by atoms with Gasteiger partial charge in [-0.1, -0.05) is 35.3 Å². The fourth-order valence-corrected chi connectivity index (χ4v) is 3.20. The van der Waals surface area contributed by atoms with Gasteiger partial charge in [-0.3, -0.25) is 4.79 Å². The zero-order valence-corrected chi connectivity index (χ0v) is 16.2. The maximum Gasteiger partial charge on any atom is 0.256 e. The number of para-hydroxylation sites is 1. The summed E-state index contributed by atoms with van der Waals surface area (Å²) in [5.41, 5.74) is 1.22. The van der Waals surface area contributed by atoms with Crippen LogP contribution < -0.4 is 14.8 Å². The molecule has 2 aromatic carbocycles. The number of hydrogen-bond donors (Lipinski definition) is 1. The molecule has 0 spiro atoms. The molecule has 0 atom stereocenters. The summed E-state index contributed by atoms with van der Waals surface area (Å²) in [6.45, 7) is 0.388. The Hall–Kier alpha value is -2.70. The molecular formula is C19H17Cl2N3O3. The minimum atomic E-state index is -0.334. The molecule has 0 aliphatic rings. The summed E-state index contributed by atoms with van der Waals surface area (Å²) in [6.07, 6.45) is 1.60. The summed E-state index contributed by atoms with van der Waals surface area (Å²) < 4.78 is 12.4. The fraction of sp³-hybridized carbons (Fsp3) is 0.158. The highest BCUT2D eigenvalue weighted by Crippen LogP contribution is 2.31. The number of carbonyl (C=O) groups excluding carboxylic acids is 1. The van der Waals surface area contributed by atoms with Crippen molar-refractivity contribution in [2.45, 2.75) is 6.54 Å². The van der Waals surface area contributed by atoms with Crippen LogP contribution in [0.5, 0.6) is 11.5 Å². The summed E-state index contributed by atoms with van der Waals surface area (Å²) in [5.74, 6) is 1.44. The molecule has 0 fully saturated rings.